The number of unbranched alkanes of at least 4 members (excludes halogenated alkanes) is 1. The smallest absolute Gasteiger partial charge is 0.343 e. The molecule has 0 bridgehead atoms. The van der Waals surface area contributed by atoms with E-state index >= 15 is 0 Å². The first kappa shape index (κ1) is 25.7. The van der Waals surface area contributed by atoms with E-state index in [4.69, 9.17) is 54.7 Å². The van der Waals surface area contributed by atoms with Crippen molar-refractivity contribution in [1.29, 1.82) is 5.26 Å². The van der Waals surface area contributed by atoms with Crippen molar-refractivity contribution >= 4 is 40.8 Å². The maximum absolute atomic E-state index is 12.8. The molecular formula is C27H21Cl3N2O4. The lowest BCUT2D eigenvalue weighted by Crippen LogP contribution is -2.21. The number of allylic oxidation sites excluding steroid dienone is 1. The van der Waals surface area contributed by atoms with Crippen LogP contribution < -0.4 is 19.9 Å². The third-order valence-electron chi connectivity index (χ3n) is 5.58. The maximum Gasteiger partial charge on any atom is 0.343 e. The highest BCUT2D eigenvalue weighted by Crippen LogP contribution is 2.43. The molecule has 1 heterocycles. The number of ether oxygens (including phenoxy) is 3. The first-order valence-electron chi connectivity index (χ1n) is 11.1. The summed E-state index contributed by atoms with van der Waals surface area (Å²) in [6.45, 7) is 2.51. The van der Waals surface area contributed by atoms with Crippen LogP contribution in [0.5, 0.6) is 17.2 Å². The highest BCUT2D eigenvalue weighted by Gasteiger charge is 2.31. The fraction of sp³-hybridized carbons (Fsp3) is 0.185. The van der Waals surface area contributed by atoms with Crippen LogP contribution in [0.3, 0.4) is 0 Å². The van der Waals surface area contributed by atoms with Crippen LogP contribution in [0.25, 0.3) is 0 Å². The topological polar surface area (TPSA) is 94.6 Å². The molecule has 0 aliphatic carbocycles. The van der Waals surface area contributed by atoms with E-state index < -0.39 is 11.9 Å². The van der Waals surface area contributed by atoms with Gasteiger partial charge in [0.2, 0.25) is 5.88 Å². The number of carbonyl (C=O) groups excluding carboxylic acids is 1. The summed E-state index contributed by atoms with van der Waals surface area (Å²) in [5.41, 5.74) is 8.01. The van der Waals surface area contributed by atoms with Gasteiger partial charge in [0.1, 0.15) is 23.1 Å². The Morgan fingerprint density at radius 3 is 2.42 bits per heavy atom. The van der Waals surface area contributed by atoms with Gasteiger partial charge in [-0.25, -0.2) is 4.79 Å². The molecule has 0 saturated carbocycles. The van der Waals surface area contributed by atoms with Crippen molar-refractivity contribution < 1.29 is 19.0 Å². The molecule has 1 aliphatic rings. The summed E-state index contributed by atoms with van der Waals surface area (Å²) < 4.78 is 16.9. The lowest BCUT2D eigenvalue weighted by Gasteiger charge is -2.26. The minimum absolute atomic E-state index is 0.0225. The number of rotatable bonds is 7. The van der Waals surface area contributed by atoms with Crippen LogP contribution in [-0.4, -0.2) is 12.6 Å². The predicted molar refractivity (Wildman–Crippen MR) is 139 cm³/mol. The van der Waals surface area contributed by atoms with Gasteiger partial charge in [0.05, 0.1) is 28.1 Å². The van der Waals surface area contributed by atoms with Crippen molar-refractivity contribution in [1.82, 2.24) is 0 Å². The molecule has 36 heavy (non-hydrogen) atoms. The maximum atomic E-state index is 12.8. The second-order valence-corrected chi connectivity index (χ2v) is 9.29. The molecule has 3 aromatic rings. The van der Waals surface area contributed by atoms with E-state index in [0.717, 1.165) is 18.4 Å². The van der Waals surface area contributed by atoms with Crippen LogP contribution in [0.2, 0.25) is 15.1 Å². The molecule has 3 aromatic carbocycles. The number of nitrogens with two attached hydrogens (primary N) is 1. The van der Waals surface area contributed by atoms with Gasteiger partial charge >= 0.3 is 5.97 Å². The molecule has 0 spiro atoms. The Morgan fingerprint density at radius 2 is 1.78 bits per heavy atom. The quantitative estimate of drug-likeness (QED) is 0.191. The molecule has 1 atom stereocenters. The Hall–Kier alpha value is -3.37. The molecule has 0 amide bonds. The summed E-state index contributed by atoms with van der Waals surface area (Å²) in [6, 6.07) is 17.0. The molecule has 1 unspecified atom stereocenters. The predicted octanol–water partition coefficient (Wildman–Crippen LogP) is 7.26. The highest BCUT2D eigenvalue weighted by molar-refractivity contribution is 6.37. The van der Waals surface area contributed by atoms with Gasteiger partial charge < -0.3 is 19.9 Å². The SMILES string of the molecule is CCCCOc1c(Cl)cc(C(=O)Oc2ccc3c(c2)OC(N)=C(C#N)C3c2ccc(Cl)cc2)cc1Cl. The van der Waals surface area contributed by atoms with E-state index in [0.29, 0.717) is 28.7 Å². The lowest BCUT2D eigenvalue weighted by molar-refractivity contribution is 0.0734. The molecule has 0 fully saturated rings. The Kier molecular flexibility index (Phi) is 7.95. The van der Waals surface area contributed by atoms with E-state index in [-0.39, 0.29) is 32.8 Å². The molecule has 1 aliphatic heterocycles. The van der Waals surface area contributed by atoms with Gasteiger partial charge in [-0.15, -0.1) is 0 Å². The standard InChI is InChI=1S/C27H21Cl3N2O4/c1-2-3-10-34-25-21(29)11-16(12-22(25)30)27(33)35-18-8-9-19-23(13-18)36-26(32)20(14-31)24(19)15-4-6-17(28)7-5-15/h4-9,11-13,24H,2-3,10,32H2,1H3. The van der Waals surface area contributed by atoms with Crippen molar-refractivity contribution in [3.8, 4) is 23.3 Å². The summed E-state index contributed by atoms with van der Waals surface area (Å²) in [4.78, 5) is 12.8. The number of esters is 1. The van der Waals surface area contributed by atoms with Gasteiger partial charge in [-0.2, -0.15) is 5.26 Å². The number of hydrogen-bond acceptors (Lipinski definition) is 6. The molecule has 4 rings (SSSR count). The normalized spacial score (nSPS) is 14.5. The van der Waals surface area contributed by atoms with E-state index in [1.54, 1.807) is 30.3 Å². The largest absolute Gasteiger partial charge is 0.490 e. The van der Waals surface area contributed by atoms with E-state index in [1.807, 2.05) is 19.1 Å². The van der Waals surface area contributed by atoms with E-state index in [9.17, 15) is 10.1 Å². The van der Waals surface area contributed by atoms with Gasteiger partial charge in [-0.1, -0.05) is 66.3 Å². The molecule has 6 nitrogen and oxygen atoms in total. The van der Waals surface area contributed by atoms with Crippen LogP contribution in [-0.2, 0) is 0 Å². The van der Waals surface area contributed by atoms with E-state index in [2.05, 4.69) is 6.07 Å². The molecular weight excluding hydrogens is 523 g/mol. The molecule has 184 valence electrons. The van der Waals surface area contributed by atoms with Crippen molar-refractivity contribution in [2.45, 2.75) is 25.7 Å². The first-order valence-corrected chi connectivity index (χ1v) is 12.3. The first-order chi connectivity index (χ1) is 17.3. The Morgan fingerprint density at radius 1 is 1.08 bits per heavy atom. The zero-order valence-corrected chi connectivity index (χ0v) is 21.5. The van der Waals surface area contributed by atoms with Crippen LogP contribution in [0, 0.1) is 11.3 Å². The van der Waals surface area contributed by atoms with Crippen molar-refractivity contribution in [3.05, 3.63) is 97.8 Å². The van der Waals surface area contributed by atoms with Gasteiger partial charge in [0.25, 0.3) is 0 Å². The van der Waals surface area contributed by atoms with Gasteiger partial charge in [0.15, 0.2) is 5.75 Å². The monoisotopic (exact) mass is 542 g/mol. The Labute approximate surface area is 223 Å². The average molecular weight is 544 g/mol. The van der Waals surface area contributed by atoms with Crippen LogP contribution in [0.4, 0.5) is 0 Å². The van der Waals surface area contributed by atoms with E-state index in [1.165, 1.54) is 12.1 Å². The third-order valence-corrected chi connectivity index (χ3v) is 6.40. The van der Waals surface area contributed by atoms with Crippen molar-refractivity contribution in [3.63, 3.8) is 0 Å². The van der Waals surface area contributed by atoms with Crippen molar-refractivity contribution in [2.75, 3.05) is 6.61 Å². The summed E-state index contributed by atoms with van der Waals surface area (Å²) >= 11 is 18.6. The third kappa shape index (κ3) is 5.39. The Bertz CT molecular complexity index is 1360. The number of halogens is 3. The summed E-state index contributed by atoms with van der Waals surface area (Å²) in [5.74, 6) is -0.228. The number of nitrogens with zero attached hydrogens (tertiary/aromatic N) is 1. The summed E-state index contributed by atoms with van der Waals surface area (Å²) in [7, 11) is 0. The molecule has 0 aromatic heterocycles. The average Bonchev–Trinajstić information content (AvgIpc) is 2.85. The fourth-order valence-corrected chi connectivity index (χ4v) is 4.52. The zero-order chi connectivity index (χ0) is 25.8. The minimum Gasteiger partial charge on any atom is -0.490 e. The Balaban J connectivity index is 1.59. The summed E-state index contributed by atoms with van der Waals surface area (Å²) in [5, 5.41) is 10.7. The second-order valence-electron chi connectivity index (χ2n) is 8.04. The van der Waals surface area contributed by atoms with Gasteiger partial charge in [0, 0.05) is 16.7 Å². The number of carbonyl (C=O) groups is 1. The summed E-state index contributed by atoms with van der Waals surface area (Å²) in [6.07, 6.45) is 1.81. The molecule has 9 heteroatoms. The second kappa shape index (κ2) is 11.1. The van der Waals surface area contributed by atoms with Gasteiger partial charge in [-0.3, -0.25) is 0 Å². The van der Waals surface area contributed by atoms with Gasteiger partial charge in [-0.05, 0) is 42.3 Å². The molecule has 0 radical (unpaired) electrons. The van der Waals surface area contributed by atoms with Crippen LogP contribution >= 0.6 is 34.8 Å². The lowest BCUT2D eigenvalue weighted by atomic mass is 9.83. The van der Waals surface area contributed by atoms with Crippen molar-refractivity contribution in [2.24, 2.45) is 5.73 Å². The van der Waals surface area contributed by atoms with Crippen LogP contribution in [0.15, 0.2) is 66.1 Å². The number of nitriles is 1. The fourth-order valence-electron chi connectivity index (χ4n) is 3.80. The number of fused-ring (bicyclic) bond motifs is 1. The van der Waals surface area contributed by atoms with Crippen LogP contribution in [0.1, 0.15) is 47.2 Å². The number of benzene rings is 3. The highest BCUT2D eigenvalue weighted by atomic mass is 35.5. The number of hydrogen-bond donors (Lipinski definition) is 1. The minimum atomic E-state index is -0.662. The molecule has 2 N–H and O–H groups in total. The zero-order valence-electron chi connectivity index (χ0n) is 19.2. The molecule has 0 saturated heterocycles.